The summed E-state index contributed by atoms with van der Waals surface area (Å²) in [6.07, 6.45) is 0.939. The van der Waals surface area contributed by atoms with Crippen molar-refractivity contribution in [2.45, 2.75) is 19.4 Å². The first-order valence-corrected chi connectivity index (χ1v) is 6.52. The third kappa shape index (κ3) is 3.45. The van der Waals surface area contributed by atoms with Crippen molar-refractivity contribution in [1.82, 2.24) is 15.5 Å². The number of carbonyl (C=O) groups excluding carboxylic acids is 2. The number of hydrogen-bond donors (Lipinski definition) is 3. The van der Waals surface area contributed by atoms with Gasteiger partial charge in [0.25, 0.3) is 0 Å². The second-order valence-corrected chi connectivity index (χ2v) is 4.77. The van der Waals surface area contributed by atoms with E-state index >= 15 is 0 Å². The van der Waals surface area contributed by atoms with E-state index in [0.717, 1.165) is 19.5 Å². The predicted octanol–water partition coefficient (Wildman–Crippen LogP) is -0.851. The Morgan fingerprint density at radius 2 is 2.37 bits per heavy atom. The van der Waals surface area contributed by atoms with Crippen LogP contribution in [-0.4, -0.2) is 55.7 Å². The average Bonchev–Trinajstić information content (AvgIpc) is 2.75. The maximum absolute atomic E-state index is 11.8. The maximum Gasteiger partial charge on any atom is 0.337 e. The lowest BCUT2D eigenvalue weighted by Gasteiger charge is -2.24. The van der Waals surface area contributed by atoms with Gasteiger partial charge in [-0.2, -0.15) is 0 Å². The van der Waals surface area contributed by atoms with Crippen LogP contribution in [0.4, 0.5) is 4.79 Å². The molecule has 0 saturated carbocycles. The third-order valence-electron chi connectivity index (χ3n) is 3.27. The smallest absolute Gasteiger partial charge is 0.337 e. The zero-order chi connectivity index (χ0) is 13.8. The Bertz CT molecular complexity index is 408. The molecule has 0 spiro atoms. The van der Waals surface area contributed by atoms with Gasteiger partial charge in [0.15, 0.2) is 0 Å². The lowest BCUT2D eigenvalue weighted by atomic mass is 10.1. The van der Waals surface area contributed by atoms with E-state index in [1.807, 2.05) is 0 Å². The van der Waals surface area contributed by atoms with Crippen LogP contribution < -0.4 is 16.4 Å². The molecule has 4 N–H and O–H groups in total. The Labute approximate surface area is 112 Å². The fourth-order valence-corrected chi connectivity index (χ4v) is 2.31. The van der Waals surface area contributed by atoms with Crippen LogP contribution in [0.1, 0.15) is 13.3 Å². The minimum atomic E-state index is -0.381. The van der Waals surface area contributed by atoms with Crippen molar-refractivity contribution in [2.24, 2.45) is 5.73 Å². The van der Waals surface area contributed by atoms with Crippen LogP contribution in [0.5, 0.6) is 0 Å². The number of esters is 1. The van der Waals surface area contributed by atoms with Crippen molar-refractivity contribution in [3.05, 3.63) is 11.3 Å². The first-order valence-electron chi connectivity index (χ1n) is 6.52. The number of urea groups is 1. The van der Waals surface area contributed by atoms with Crippen molar-refractivity contribution in [1.29, 1.82) is 0 Å². The molecule has 2 aliphatic rings. The molecule has 0 aromatic carbocycles. The van der Waals surface area contributed by atoms with E-state index in [4.69, 9.17) is 10.5 Å². The number of nitrogens with zero attached hydrogens (tertiary/aromatic N) is 1. The summed E-state index contributed by atoms with van der Waals surface area (Å²) in [5, 5.41) is 5.28. The normalized spacial score (nSPS) is 24.1. The molecule has 2 heterocycles. The van der Waals surface area contributed by atoms with E-state index in [-0.39, 0.29) is 24.6 Å². The van der Waals surface area contributed by atoms with Crippen molar-refractivity contribution in [3.63, 3.8) is 0 Å². The van der Waals surface area contributed by atoms with Gasteiger partial charge in [-0.05, 0) is 13.3 Å². The van der Waals surface area contributed by atoms with Gasteiger partial charge < -0.3 is 21.1 Å². The molecular weight excluding hydrogens is 248 g/mol. The molecule has 0 bridgehead atoms. The third-order valence-corrected chi connectivity index (χ3v) is 3.27. The van der Waals surface area contributed by atoms with Crippen molar-refractivity contribution < 1.29 is 14.3 Å². The fourth-order valence-electron chi connectivity index (χ4n) is 2.31. The quantitative estimate of drug-likeness (QED) is 0.577. The molecule has 0 aliphatic carbocycles. The first-order chi connectivity index (χ1) is 9.10. The Hall–Kier alpha value is -1.60. The molecule has 7 heteroatoms. The van der Waals surface area contributed by atoms with Gasteiger partial charge in [0.05, 0.1) is 18.7 Å². The molecule has 106 valence electrons. The van der Waals surface area contributed by atoms with Gasteiger partial charge in [0.1, 0.15) is 0 Å². The predicted molar refractivity (Wildman–Crippen MR) is 69.2 cm³/mol. The van der Waals surface area contributed by atoms with Crippen LogP contribution in [0.15, 0.2) is 11.3 Å². The fraction of sp³-hybridized carbons (Fsp3) is 0.667. The van der Waals surface area contributed by atoms with Crippen molar-refractivity contribution in [3.8, 4) is 0 Å². The second kappa shape index (κ2) is 6.03. The molecule has 2 rings (SSSR count). The number of rotatable bonds is 4. The summed E-state index contributed by atoms with van der Waals surface area (Å²) >= 11 is 0. The molecule has 7 nitrogen and oxygen atoms in total. The average molecular weight is 268 g/mol. The van der Waals surface area contributed by atoms with Gasteiger partial charge in [-0.1, -0.05) is 0 Å². The Morgan fingerprint density at radius 1 is 1.58 bits per heavy atom. The monoisotopic (exact) mass is 268 g/mol. The summed E-state index contributed by atoms with van der Waals surface area (Å²) < 4.78 is 5.00. The first kappa shape index (κ1) is 13.8. The van der Waals surface area contributed by atoms with Crippen LogP contribution in [0.25, 0.3) is 0 Å². The van der Waals surface area contributed by atoms with Crippen LogP contribution in [0.3, 0.4) is 0 Å². The van der Waals surface area contributed by atoms with Gasteiger partial charge in [-0.3, -0.25) is 4.90 Å². The number of carbonyl (C=O) groups is 2. The Morgan fingerprint density at radius 3 is 3.00 bits per heavy atom. The summed E-state index contributed by atoms with van der Waals surface area (Å²) in [7, 11) is 0. The minimum Gasteiger partial charge on any atom is -0.463 e. The largest absolute Gasteiger partial charge is 0.463 e. The number of nitrogens with one attached hydrogen (secondary N) is 2. The van der Waals surface area contributed by atoms with E-state index < -0.39 is 0 Å². The SMILES string of the molecule is CCOC(=O)C1=C(CN2CC[C@@H](N)C2)NC(=O)NC1. The van der Waals surface area contributed by atoms with Crippen LogP contribution in [0.2, 0.25) is 0 Å². The Kier molecular flexibility index (Phi) is 4.39. The molecule has 2 aliphatic heterocycles. The summed E-state index contributed by atoms with van der Waals surface area (Å²) in [6, 6.07) is -0.115. The highest BCUT2D eigenvalue weighted by molar-refractivity contribution is 5.93. The van der Waals surface area contributed by atoms with Gasteiger partial charge >= 0.3 is 12.0 Å². The van der Waals surface area contributed by atoms with Gasteiger partial charge in [-0.15, -0.1) is 0 Å². The number of likely N-dealkylation sites (tertiary alicyclic amines) is 1. The zero-order valence-corrected chi connectivity index (χ0v) is 11.1. The molecule has 1 fully saturated rings. The molecule has 0 radical (unpaired) electrons. The summed E-state index contributed by atoms with van der Waals surface area (Å²) in [5.74, 6) is -0.381. The lowest BCUT2D eigenvalue weighted by molar-refractivity contribution is -0.138. The maximum atomic E-state index is 11.8. The summed E-state index contributed by atoms with van der Waals surface area (Å²) in [4.78, 5) is 25.4. The minimum absolute atomic E-state index is 0.170. The summed E-state index contributed by atoms with van der Waals surface area (Å²) in [6.45, 7) is 4.47. The van der Waals surface area contributed by atoms with Crippen LogP contribution >= 0.6 is 0 Å². The number of amides is 2. The molecule has 0 aromatic heterocycles. The second-order valence-electron chi connectivity index (χ2n) is 4.77. The van der Waals surface area contributed by atoms with Crippen LogP contribution in [0, 0.1) is 0 Å². The van der Waals surface area contributed by atoms with Crippen molar-refractivity contribution >= 4 is 12.0 Å². The van der Waals surface area contributed by atoms with Crippen LogP contribution in [-0.2, 0) is 9.53 Å². The zero-order valence-electron chi connectivity index (χ0n) is 11.1. The highest BCUT2D eigenvalue weighted by atomic mass is 16.5. The molecule has 0 unspecified atom stereocenters. The molecule has 0 aromatic rings. The van der Waals surface area contributed by atoms with E-state index in [1.54, 1.807) is 6.92 Å². The number of hydrogen-bond acceptors (Lipinski definition) is 5. The highest BCUT2D eigenvalue weighted by Crippen LogP contribution is 2.13. The van der Waals surface area contributed by atoms with Crippen molar-refractivity contribution in [2.75, 3.05) is 32.8 Å². The standard InChI is InChI=1S/C12H20N4O3/c1-2-19-11(17)9-5-14-12(18)15-10(9)7-16-4-3-8(13)6-16/h8H,2-7,13H2,1H3,(H2,14,15,18)/t8-/m1/s1. The molecule has 1 atom stereocenters. The molecule has 19 heavy (non-hydrogen) atoms. The van der Waals surface area contributed by atoms with E-state index in [9.17, 15) is 9.59 Å². The van der Waals surface area contributed by atoms with Gasteiger partial charge in [0.2, 0.25) is 0 Å². The van der Waals surface area contributed by atoms with E-state index in [2.05, 4.69) is 15.5 Å². The van der Waals surface area contributed by atoms with Gasteiger partial charge in [-0.25, -0.2) is 9.59 Å². The molecular formula is C12H20N4O3. The molecule has 2 amide bonds. The highest BCUT2D eigenvalue weighted by Gasteiger charge is 2.27. The summed E-state index contributed by atoms with van der Waals surface area (Å²) in [5.41, 5.74) is 6.96. The lowest BCUT2D eigenvalue weighted by Crippen LogP contribution is -2.46. The van der Waals surface area contributed by atoms with Gasteiger partial charge in [0, 0.05) is 31.4 Å². The Balaban J connectivity index is 2.09. The topological polar surface area (TPSA) is 96.7 Å². The van der Waals surface area contributed by atoms with E-state index in [0.29, 0.717) is 24.4 Å². The number of ether oxygens (including phenoxy) is 1. The number of nitrogens with two attached hydrogens (primary N) is 1. The van der Waals surface area contributed by atoms with E-state index in [1.165, 1.54) is 0 Å². The molecule has 1 saturated heterocycles.